The molecule has 0 aromatic heterocycles. The molecule has 3 N–H and O–H groups in total. The van der Waals surface area contributed by atoms with Crippen LogP contribution in [-0.2, 0) is 32.7 Å². The molecule has 0 heterocycles. The maximum Gasteiger partial charge on any atom is 0.472 e. The Morgan fingerprint density at radius 2 is 0.961 bits per heavy atom. The molecule has 0 bridgehead atoms. The molecule has 10 heteroatoms. The minimum atomic E-state index is -4.37. The van der Waals surface area contributed by atoms with Gasteiger partial charge < -0.3 is 20.1 Å². The zero-order valence-electron chi connectivity index (χ0n) is 33.1. The van der Waals surface area contributed by atoms with Gasteiger partial charge in [-0.05, 0) is 38.5 Å². The van der Waals surface area contributed by atoms with Crippen LogP contribution in [0.15, 0.2) is 12.2 Å². The highest BCUT2D eigenvalue weighted by molar-refractivity contribution is 7.47. The lowest BCUT2D eigenvalue weighted by Crippen LogP contribution is -2.29. The standard InChI is InChI=1S/C41H80NO8P/c1-3-5-7-9-11-13-15-17-18-19-20-22-24-26-28-30-32-34-41(44)50-39(38-49-51(45,46)48-36-35-42)37-47-40(43)33-31-29-27-25-23-21-16-14-12-10-8-6-4-2/h14,16,39H,3-13,15,17-38,42H2,1-2H3,(H,45,46). The van der Waals surface area contributed by atoms with E-state index in [1.807, 2.05) is 0 Å². The largest absolute Gasteiger partial charge is 0.472 e. The second-order valence-corrected chi connectivity index (χ2v) is 15.7. The number of phosphoric ester groups is 1. The van der Waals surface area contributed by atoms with E-state index in [2.05, 4.69) is 26.0 Å². The molecular formula is C41H80NO8P. The number of hydrogen-bond acceptors (Lipinski definition) is 8. The number of nitrogens with two attached hydrogens (primary N) is 1. The first-order chi connectivity index (χ1) is 24.8. The number of allylic oxidation sites excluding steroid dienone is 2. The van der Waals surface area contributed by atoms with Crippen LogP contribution >= 0.6 is 7.82 Å². The van der Waals surface area contributed by atoms with Gasteiger partial charge in [0.15, 0.2) is 6.10 Å². The van der Waals surface area contributed by atoms with E-state index < -0.39 is 26.5 Å². The van der Waals surface area contributed by atoms with Gasteiger partial charge in [0.25, 0.3) is 0 Å². The minimum Gasteiger partial charge on any atom is -0.462 e. The Labute approximate surface area is 313 Å². The van der Waals surface area contributed by atoms with Crippen LogP contribution in [0.25, 0.3) is 0 Å². The Balaban J connectivity index is 4.13. The second kappa shape index (κ2) is 38.5. The lowest BCUT2D eigenvalue weighted by Gasteiger charge is -2.19. The molecule has 0 saturated carbocycles. The SMILES string of the molecule is CCCCCCC=CCCCCCCCC(=O)OCC(COP(=O)(O)OCCN)OC(=O)CCCCCCCCCCCCCCCCCCC. The number of rotatable bonds is 40. The third-order valence-corrected chi connectivity index (χ3v) is 10.1. The Morgan fingerprint density at radius 1 is 0.569 bits per heavy atom. The molecule has 51 heavy (non-hydrogen) atoms. The number of esters is 2. The van der Waals surface area contributed by atoms with Crippen molar-refractivity contribution in [1.29, 1.82) is 0 Å². The Kier molecular flexibility index (Phi) is 37.5. The van der Waals surface area contributed by atoms with Gasteiger partial charge in [-0.25, -0.2) is 4.57 Å². The van der Waals surface area contributed by atoms with Crippen LogP contribution < -0.4 is 5.73 Å². The molecule has 0 aliphatic heterocycles. The van der Waals surface area contributed by atoms with Crippen molar-refractivity contribution in [2.75, 3.05) is 26.4 Å². The first kappa shape index (κ1) is 49.8. The van der Waals surface area contributed by atoms with E-state index in [0.29, 0.717) is 6.42 Å². The lowest BCUT2D eigenvalue weighted by molar-refractivity contribution is -0.161. The summed E-state index contributed by atoms with van der Waals surface area (Å²) in [5.74, 6) is -0.829. The first-order valence-electron chi connectivity index (χ1n) is 21.2. The number of phosphoric acid groups is 1. The van der Waals surface area contributed by atoms with E-state index in [0.717, 1.165) is 51.4 Å². The number of carbonyl (C=O) groups is 2. The molecule has 0 saturated heterocycles. The highest BCUT2D eigenvalue weighted by Crippen LogP contribution is 2.43. The van der Waals surface area contributed by atoms with Gasteiger partial charge in [-0.1, -0.05) is 167 Å². The van der Waals surface area contributed by atoms with Crippen molar-refractivity contribution in [2.24, 2.45) is 5.73 Å². The summed E-state index contributed by atoms with van der Waals surface area (Å²) in [4.78, 5) is 34.8. The molecule has 0 rings (SSSR count). The van der Waals surface area contributed by atoms with Gasteiger partial charge in [-0.15, -0.1) is 0 Å². The highest BCUT2D eigenvalue weighted by atomic mass is 31.2. The summed E-state index contributed by atoms with van der Waals surface area (Å²) in [5, 5.41) is 0. The normalized spacial score (nSPS) is 13.4. The molecule has 0 aliphatic carbocycles. The number of unbranched alkanes of at least 4 members (excludes halogenated alkanes) is 25. The van der Waals surface area contributed by atoms with Gasteiger partial charge >= 0.3 is 19.8 Å². The molecule has 0 aromatic rings. The predicted octanol–water partition coefficient (Wildman–Crippen LogP) is 11.8. The Morgan fingerprint density at radius 3 is 1.41 bits per heavy atom. The van der Waals surface area contributed by atoms with E-state index in [1.54, 1.807) is 0 Å². The van der Waals surface area contributed by atoms with Gasteiger partial charge in [0.1, 0.15) is 6.61 Å². The molecule has 0 amide bonds. The molecule has 2 unspecified atom stereocenters. The number of hydrogen-bond donors (Lipinski definition) is 2. The average molecular weight is 746 g/mol. The molecule has 9 nitrogen and oxygen atoms in total. The third-order valence-electron chi connectivity index (χ3n) is 9.15. The molecule has 0 spiro atoms. The molecular weight excluding hydrogens is 665 g/mol. The zero-order valence-corrected chi connectivity index (χ0v) is 34.0. The number of ether oxygens (including phenoxy) is 2. The monoisotopic (exact) mass is 746 g/mol. The van der Waals surface area contributed by atoms with Gasteiger partial charge in [0.05, 0.1) is 13.2 Å². The summed E-state index contributed by atoms with van der Waals surface area (Å²) in [5.41, 5.74) is 5.34. The van der Waals surface area contributed by atoms with Gasteiger partial charge in [-0.2, -0.15) is 0 Å². The van der Waals surface area contributed by atoms with Crippen molar-refractivity contribution in [2.45, 2.75) is 213 Å². The second-order valence-electron chi connectivity index (χ2n) is 14.2. The van der Waals surface area contributed by atoms with Crippen LogP contribution in [0.3, 0.4) is 0 Å². The van der Waals surface area contributed by atoms with Crippen LogP contribution in [0.1, 0.15) is 206 Å². The van der Waals surface area contributed by atoms with Crippen LogP contribution in [0.2, 0.25) is 0 Å². The van der Waals surface area contributed by atoms with Crippen molar-refractivity contribution in [3.63, 3.8) is 0 Å². The topological polar surface area (TPSA) is 134 Å². The van der Waals surface area contributed by atoms with Gasteiger partial charge in [0.2, 0.25) is 0 Å². The summed E-state index contributed by atoms with van der Waals surface area (Å²) in [6, 6.07) is 0. The summed E-state index contributed by atoms with van der Waals surface area (Å²) in [7, 11) is -4.37. The van der Waals surface area contributed by atoms with Crippen molar-refractivity contribution in [3.8, 4) is 0 Å². The zero-order chi connectivity index (χ0) is 37.5. The van der Waals surface area contributed by atoms with E-state index >= 15 is 0 Å². The smallest absolute Gasteiger partial charge is 0.462 e. The summed E-state index contributed by atoms with van der Waals surface area (Å²) < 4.78 is 32.7. The maximum atomic E-state index is 12.6. The minimum absolute atomic E-state index is 0.0551. The van der Waals surface area contributed by atoms with Gasteiger partial charge in [-0.3, -0.25) is 18.6 Å². The van der Waals surface area contributed by atoms with Crippen LogP contribution in [0.5, 0.6) is 0 Å². The highest BCUT2D eigenvalue weighted by Gasteiger charge is 2.26. The van der Waals surface area contributed by atoms with Crippen LogP contribution in [-0.4, -0.2) is 49.3 Å². The molecule has 302 valence electrons. The van der Waals surface area contributed by atoms with Crippen molar-refractivity contribution < 1.29 is 37.6 Å². The number of carbonyl (C=O) groups excluding carboxylic acids is 2. The predicted molar refractivity (Wildman–Crippen MR) is 211 cm³/mol. The van der Waals surface area contributed by atoms with E-state index in [-0.39, 0.29) is 38.6 Å². The van der Waals surface area contributed by atoms with Crippen molar-refractivity contribution in [1.82, 2.24) is 0 Å². The first-order valence-corrected chi connectivity index (χ1v) is 22.7. The summed E-state index contributed by atoms with van der Waals surface area (Å²) >= 11 is 0. The van der Waals surface area contributed by atoms with Crippen molar-refractivity contribution >= 4 is 19.8 Å². The quantitative estimate of drug-likeness (QED) is 0.0272. The molecule has 0 aliphatic rings. The molecule has 0 aromatic carbocycles. The fourth-order valence-electron chi connectivity index (χ4n) is 5.98. The summed E-state index contributed by atoms with van der Waals surface area (Å²) in [6.07, 6.45) is 38.1. The average Bonchev–Trinajstić information content (AvgIpc) is 3.11. The third kappa shape index (κ3) is 38.3. The fourth-order valence-corrected chi connectivity index (χ4v) is 6.75. The molecule has 2 atom stereocenters. The van der Waals surface area contributed by atoms with Gasteiger partial charge in [0, 0.05) is 19.4 Å². The molecule has 0 radical (unpaired) electrons. The Hall–Kier alpha value is -1.25. The van der Waals surface area contributed by atoms with Crippen LogP contribution in [0, 0.1) is 0 Å². The fraction of sp³-hybridized carbons (Fsp3) is 0.902. The van der Waals surface area contributed by atoms with E-state index in [4.69, 9.17) is 24.3 Å². The Bertz CT molecular complexity index is 856. The van der Waals surface area contributed by atoms with Crippen molar-refractivity contribution in [3.05, 3.63) is 12.2 Å². The van der Waals surface area contributed by atoms with Crippen LogP contribution in [0.4, 0.5) is 0 Å². The van der Waals surface area contributed by atoms with E-state index in [1.165, 1.54) is 122 Å². The van der Waals surface area contributed by atoms with E-state index in [9.17, 15) is 19.0 Å². The lowest BCUT2D eigenvalue weighted by atomic mass is 10.0. The maximum absolute atomic E-state index is 12.6. The molecule has 0 fully saturated rings. The summed E-state index contributed by atoms with van der Waals surface area (Å²) in [6.45, 7) is 3.73.